The molecule has 1 aliphatic rings. The average molecular weight is 305 g/mol. The molecule has 0 saturated heterocycles. The molecule has 1 unspecified atom stereocenters. The van der Waals surface area contributed by atoms with E-state index in [9.17, 15) is 0 Å². The molecule has 1 atom stereocenters. The molecule has 3 rings (SSSR count). The Morgan fingerprint density at radius 2 is 2.19 bits per heavy atom. The lowest BCUT2D eigenvalue weighted by Gasteiger charge is -2.21. The van der Waals surface area contributed by atoms with E-state index in [1.54, 1.807) is 6.20 Å². The maximum atomic E-state index is 6.24. The number of ether oxygens (including phenoxy) is 2. The third-order valence-electron chi connectivity index (χ3n) is 3.45. The third-order valence-corrected chi connectivity index (χ3v) is 3.73. The molecule has 5 heteroatoms. The number of benzene rings is 1. The van der Waals surface area contributed by atoms with Crippen LogP contribution in [-0.2, 0) is 6.54 Å². The lowest BCUT2D eigenvalue weighted by atomic mass is 10.1. The number of pyridine rings is 1. The monoisotopic (exact) mass is 304 g/mol. The second-order valence-corrected chi connectivity index (χ2v) is 5.40. The summed E-state index contributed by atoms with van der Waals surface area (Å²) in [5.74, 6) is 1.37. The van der Waals surface area contributed by atoms with E-state index in [-0.39, 0.29) is 6.04 Å². The minimum absolute atomic E-state index is 0.214. The van der Waals surface area contributed by atoms with Crippen molar-refractivity contribution in [3.8, 4) is 11.5 Å². The summed E-state index contributed by atoms with van der Waals surface area (Å²) in [7, 11) is 0. The van der Waals surface area contributed by atoms with Crippen molar-refractivity contribution in [2.45, 2.75) is 19.5 Å². The van der Waals surface area contributed by atoms with Gasteiger partial charge in [-0.15, -0.1) is 0 Å². The summed E-state index contributed by atoms with van der Waals surface area (Å²) in [6.45, 7) is 3.91. The van der Waals surface area contributed by atoms with Gasteiger partial charge >= 0.3 is 0 Å². The molecule has 0 radical (unpaired) electrons. The van der Waals surface area contributed by atoms with Crippen LogP contribution in [0.2, 0.25) is 5.02 Å². The van der Waals surface area contributed by atoms with Crippen LogP contribution >= 0.6 is 11.6 Å². The molecule has 1 aliphatic heterocycles. The molecule has 21 heavy (non-hydrogen) atoms. The lowest BCUT2D eigenvalue weighted by Crippen LogP contribution is -2.19. The van der Waals surface area contributed by atoms with Crippen LogP contribution in [0.4, 0.5) is 0 Å². The number of nitrogens with zero attached hydrogens (tertiary/aromatic N) is 1. The Bertz CT molecular complexity index is 619. The average Bonchev–Trinajstić information content (AvgIpc) is 2.53. The van der Waals surface area contributed by atoms with Crippen LogP contribution < -0.4 is 14.8 Å². The Kier molecular flexibility index (Phi) is 4.27. The van der Waals surface area contributed by atoms with Gasteiger partial charge in [0.05, 0.1) is 5.02 Å². The molecule has 2 aromatic rings. The Balaban J connectivity index is 1.69. The summed E-state index contributed by atoms with van der Waals surface area (Å²) in [6.07, 6.45) is 3.64. The molecule has 0 amide bonds. The van der Waals surface area contributed by atoms with E-state index in [1.165, 1.54) is 0 Å². The number of aromatic nitrogens is 1. The largest absolute Gasteiger partial charge is 0.486 e. The summed E-state index contributed by atoms with van der Waals surface area (Å²) >= 11 is 6.24. The minimum atomic E-state index is 0.214. The van der Waals surface area contributed by atoms with Gasteiger partial charge in [-0.3, -0.25) is 4.98 Å². The molecule has 0 fully saturated rings. The van der Waals surface area contributed by atoms with Crippen molar-refractivity contribution in [3.05, 3.63) is 52.8 Å². The molecule has 2 heterocycles. The standard InChI is InChI=1S/C16H17ClN2O2/c1-11(13-3-2-4-18-10-13)19-9-12-7-14(17)16-15(8-12)20-5-6-21-16/h2-4,7-8,10-11,19H,5-6,9H2,1H3. The summed E-state index contributed by atoms with van der Waals surface area (Å²) in [5.41, 5.74) is 2.22. The number of nitrogens with one attached hydrogen (secondary N) is 1. The molecule has 1 N–H and O–H groups in total. The van der Waals surface area contributed by atoms with E-state index < -0.39 is 0 Å². The zero-order valence-electron chi connectivity index (χ0n) is 11.8. The SMILES string of the molecule is CC(NCc1cc(Cl)c2c(c1)OCCO2)c1cccnc1. The highest BCUT2D eigenvalue weighted by molar-refractivity contribution is 6.32. The molecule has 0 bridgehead atoms. The number of halogens is 1. The van der Waals surface area contributed by atoms with E-state index in [0.717, 1.165) is 16.9 Å². The summed E-state index contributed by atoms with van der Waals surface area (Å²) in [6, 6.07) is 8.10. The number of hydrogen-bond acceptors (Lipinski definition) is 4. The van der Waals surface area contributed by atoms with E-state index in [2.05, 4.69) is 23.3 Å². The highest BCUT2D eigenvalue weighted by Crippen LogP contribution is 2.38. The van der Waals surface area contributed by atoms with Crippen molar-refractivity contribution >= 4 is 11.6 Å². The smallest absolute Gasteiger partial charge is 0.179 e. The first-order valence-electron chi connectivity index (χ1n) is 6.95. The highest BCUT2D eigenvalue weighted by Gasteiger charge is 2.16. The predicted octanol–water partition coefficient (Wildman–Crippen LogP) is 3.36. The van der Waals surface area contributed by atoms with Crippen LogP contribution in [-0.4, -0.2) is 18.2 Å². The van der Waals surface area contributed by atoms with Gasteiger partial charge in [-0.25, -0.2) is 0 Å². The molecular formula is C16H17ClN2O2. The van der Waals surface area contributed by atoms with Gasteiger partial charge in [0.25, 0.3) is 0 Å². The Morgan fingerprint density at radius 3 is 3.00 bits per heavy atom. The first kappa shape index (κ1) is 14.2. The highest BCUT2D eigenvalue weighted by atomic mass is 35.5. The van der Waals surface area contributed by atoms with Crippen molar-refractivity contribution in [3.63, 3.8) is 0 Å². The number of fused-ring (bicyclic) bond motifs is 1. The van der Waals surface area contributed by atoms with Gasteiger partial charge in [0.1, 0.15) is 13.2 Å². The predicted molar refractivity (Wildman–Crippen MR) is 81.9 cm³/mol. The molecule has 4 nitrogen and oxygen atoms in total. The minimum Gasteiger partial charge on any atom is -0.486 e. The second-order valence-electron chi connectivity index (χ2n) is 4.99. The van der Waals surface area contributed by atoms with Crippen LogP contribution in [0.25, 0.3) is 0 Å². The van der Waals surface area contributed by atoms with Crippen LogP contribution in [0.3, 0.4) is 0 Å². The zero-order chi connectivity index (χ0) is 14.7. The Morgan fingerprint density at radius 1 is 1.33 bits per heavy atom. The summed E-state index contributed by atoms with van der Waals surface area (Å²) < 4.78 is 11.1. The first-order valence-corrected chi connectivity index (χ1v) is 7.33. The fraction of sp³-hybridized carbons (Fsp3) is 0.312. The summed E-state index contributed by atoms with van der Waals surface area (Å²) in [5, 5.41) is 4.05. The summed E-state index contributed by atoms with van der Waals surface area (Å²) in [4.78, 5) is 4.13. The zero-order valence-corrected chi connectivity index (χ0v) is 12.6. The van der Waals surface area contributed by atoms with Gasteiger partial charge < -0.3 is 14.8 Å². The molecule has 0 spiro atoms. The molecule has 0 saturated carbocycles. The van der Waals surface area contributed by atoms with Gasteiger partial charge in [-0.1, -0.05) is 17.7 Å². The second kappa shape index (κ2) is 6.33. The van der Waals surface area contributed by atoms with E-state index in [1.807, 2.05) is 24.4 Å². The van der Waals surface area contributed by atoms with E-state index >= 15 is 0 Å². The fourth-order valence-electron chi connectivity index (χ4n) is 2.29. The maximum Gasteiger partial charge on any atom is 0.179 e. The van der Waals surface area contributed by atoms with Crippen LogP contribution in [0.5, 0.6) is 11.5 Å². The fourth-order valence-corrected chi connectivity index (χ4v) is 2.58. The van der Waals surface area contributed by atoms with E-state index in [4.69, 9.17) is 21.1 Å². The molecule has 1 aromatic carbocycles. The van der Waals surface area contributed by atoms with Gasteiger partial charge in [0.2, 0.25) is 0 Å². The van der Waals surface area contributed by atoms with Crippen molar-refractivity contribution in [2.24, 2.45) is 0 Å². The quantitative estimate of drug-likeness (QED) is 0.940. The maximum absolute atomic E-state index is 6.24. The van der Waals surface area contributed by atoms with Gasteiger partial charge in [0, 0.05) is 25.0 Å². The van der Waals surface area contributed by atoms with Crippen molar-refractivity contribution in [1.82, 2.24) is 10.3 Å². The van der Waals surface area contributed by atoms with Crippen molar-refractivity contribution < 1.29 is 9.47 Å². The molecular weight excluding hydrogens is 288 g/mol. The van der Waals surface area contributed by atoms with Crippen molar-refractivity contribution in [1.29, 1.82) is 0 Å². The Hall–Kier alpha value is -1.78. The van der Waals surface area contributed by atoms with Gasteiger partial charge in [-0.2, -0.15) is 0 Å². The normalized spacial score (nSPS) is 14.8. The lowest BCUT2D eigenvalue weighted by molar-refractivity contribution is 0.171. The van der Waals surface area contributed by atoms with Gasteiger partial charge in [-0.05, 0) is 36.2 Å². The van der Waals surface area contributed by atoms with Crippen LogP contribution in [0.15, 0.2) is 36.7 Å². The van der Waals surface area contributed by atoms with Gasteiger partial charge in [0.15, 0.2) is 11.5 Å². The topological polar surface area (TPSA) is 43.4 Å². The number of hydrogen-bond donors (Lipinski definition) is 1. The molecule has 1 aromatic heterocycles. The van der Waals surface area contributed by atoms with E-state index in [0.29, 0.717) is 30.5 Å². The van der Waals surface area contributed by atoms with Crippen LogP contribution in [0, 0.1) is 0 Å². The molecule has 110 valence electrons. The first-order chi connectivity index (χ1) is 10.2. The van der Waals surface area contributed by atoms with Crippen molar-refractivity contribution in [2.75, 3.05) is 13.2 Å². The molecule has 0 aliphatic carbocycles. The number of rotatable bonds is 4. The van der Waals surface area contributed by atoms with Crippen LogP contribution in [0.1, 0.15) is 24.1 Å². The third kappa shape index (κ3) is 3.28. The Labute approximate surface area is 129 Å².